The Labute approximate surface area is 209 Å². The summed E-state index contributed by atoms with van der Waals surface area (Å²) in [4.78, 5) is 14.2. The molecule has 0 atom stereocenters. The number of anilines is 1. The van der Waals surface area contributed by atoms with Gasteiger partial charge in [0, 0.05) is 56.6 Å². The zero-order chi connectivity index (χ0) is 21.9. The second-order valence-electron chi connectivity index (χ2n) is 7.53. The van der Waals surface area contributed by atoms with Crippen LogP contribution in [0.25, 0.3) is 0 Å². The van der Waals surface area contributed by atoms with E-state index in [1.165, 1.54) is 5.56 Å². The molecule has 2 aromatic rings. The van der Waals surface area contributed by atoms with Gasteiger partial charge >= 0.3 is 0 Å². The van der Waals surface area contributed by atoms with Gasteiger partial charge in [0.15, 0.2) is 5.96 Å². The number of ether oxygens (including phenoxy) is 1. The van der Waals surface area contributed by atoms with Gasteiger partial charge in [-0.05, 0) is 26.1 Å². The summed E-state index contributed by atoms with van der Waals surface area (Å²) in [5, 5.41) is 6.79. The summed E-state index contributed by atoms with van der Waals surface area (Å²) < 4.78 is 5.75. The van der Waals surface area contributed by atoms with Crippen molar-refractivity contribution in [2.45, 2.75) is 20.0 Å². The Hall–Kier alpha value is -2.33. The number of nitrogens with zero attached hydrogens (tertiary/aromatic N) is 4. The first kappa shape index (κ1) is 25.9. The van der Waals surface area contributed by atoms with E-state index in [0.717, 1.165) is 55.8 Å². The summed E-state index contributed by atoms with van der Waals surface area (Å²) in [5.74, 6) is 2.67. The normalized spacial score (nSPS) is 14.4. The highest BCUT2D eigenvalue weighted by atomic mass is 127. The molecule has 1 aliphatic rings. The maximum atomic E-state index is 5.75. The van der Waals surface area contributed by atoms with Gasteiger partial charge in [0.05, 0.1) is 6.54 Å². The van der Waals surface area contributed by atoms with E-state index in [2.05, 4.69) is 52.0 Å². The third-order valence-electron chi connectivity index (χ3n) is 5.20. The van der Waals surface area contributed by atoms with Gasteiger partial charge in [-0.3, -0.25) is 0 Å². The maximum Gasteiger partial charge on any atom is 0.191 e. The highest BCUT2D eigenvalue weighted by Crippen LogP contribution is 2.20. The Bertz CT molecular complexity index is 867. The fourth-order valence-electron chi connectivity index (χ4n) is 3.48. The average molecular weight is 550 g/mol. The summed E-state index contributed by atoms with van der Waals surface area (Å²) >= 11 is 0. The first-order chi connectivity index (χ1) is 15.2. The van der Waals surface area contributed by atoms with Crippen LogP contribution in [0.1, 0.15) is 18.1 Å². The summed E-state index contributed by atoms with van der Waals surface area (Å²) in [5.41, 5.74) is 2.22. The van der Waals surface area contributed by atoms with E-state index in [0.29, 0.717) is 19.7 Å². The Balaban J connectivity index is 0.00000363. The molecule has 2 heterocycles. The lowest BCUT2D eigenvalue weighted by molar-refractivity contribution is 0.312. The van der Waals surface area contributed by atoms with E-state index < -0.39 is 0 Å². The van der Waals surface area contributed by atoms with E-state index in [1.807, 2.05) is 36.5 Å². The Morgan fingerprint density at radius 2 is 1.88 bits per heavy atom. The van der Waals surface area contributed by atoms with E-state index in [9.17, 15) is 0 Å². The van der Waals surface area contributed by atoms with Crippen molar-refractivity contribution in [2.24, 2.45) is 4.99 Å². The van der Waals surface area contributed by atoms with E-state index in [4.69, 9.17) is 9.73 Å². The second-order valence-corrected chi connectivity index (χ2v) is 7.53. The molecule has 1 aliphatic heterocycles. The summed E-state index contributed by atoms with van der Waals surface area (Å²) in [7, 11) is 2.16. The average Bonchev–Trinajstić information content (AvgIpc) is 2.81. The minimum absolute atomic E-state index is 0. The summed E-state index contributed by atoms with van der Waals surface area (Å²) in [6.07, 6.45) is 3.62. The predicted octanol–water partition coefficient (Wildman–Crippen LogP) is 3.27. The molecule has 32 heavy (non-hydrogen) atoms. The molecule has 2 N–H and O–H groups in total. The van der Waals surface area contributed by atoms with Crippen LogP contribution in [-0.2, 0) is 13.1 Å². The van der Waals surface area contributed by atoms with Crippen LogP contribution >= 0.6 is 24.0 Å². The molecule has 0 aliphatic carbocycles. The number of para-hydroxylation sites is 1. The molecule has 1 saturated heterocycles. The number of nitrogens with one attached hydrogen (secondary N) is 2. The van der Waals surface area contributed by atoms with Crippen LogP contribution in [0.5, 0.6) is 5.75 Å². The van der Waals surface area contributed by atoms with Crippen LogP contribution in [0.3, 0.4) is 0 Å². The Kier molecular flexibility index (Phi) is 11.3. The number of guanidine groups is 1. The lowest BCUT2D eigenvalue weighted by atomic mass is 10.2. The number of benzene rings is 1. The second kappa shape index (κ2) is 13.9. The number of piperazine rings is 1. The lowest BCUT2D eigenvalue weighted by Gasteiger charge is -2.34. The highest BCUT2D eigenvalue weighted by molar-refractivity contribution is 14.0. The third kappa shape index (κ3) is 7.67. The van der Waals surface area contributed by atoms with Crippen molar-refractivity contribution in [3.63, 3.8) is 0 Å². The van der Waals surface area contributed by atoms with Crippen LogP contribution in [-0.4, -0.2) is 62.2 Å². The molecule has 3 rings (SSSR count). The number of likely N-dealkylation sites (N-methyl/N-ethyl adjacent to an activating group) is 1. The summed E-state index contributed by atoms with van der Waals surface area (Å²) in [6.45, 7) is 12.4. The third-order valence-corrected chi connectivity index (χ3v) is 5.20. The van der Waals surface area contributed by atoms with Crippen molar-refractivity contribution in [1.29, 1.82) is 0 Å². The molecule has 0 bridgehead atoms. The number of halogens is 1. The number of aliphatic imine (C=N–C) groups is 1. The van der Waals surface area contributed by atoms with Gasteiger partial charge in [-0.25, -0.2) is 9.98 Å². The quantitative estimate of drug-likeness (QED) is 0.216. The van der Waals surface area contributed by atoms with Crippen molar-refractivity contribution in [1.82, 2.24) is 20.5 Å². The molecule has 1 aromatic heterocycles. The van der Waals surface area contributed by atoms with E-state index >= 15 is 0 Å². The number of pyridine rings is 1. The largest absolute Gasteiger partial charge is 0.489 e. The van der Waals surface area contributed by atoms with Crippen LogP contribution < -0.4 is 20.3 Å². The van der Waals surface area contributed by atoms with Crippen LogP contribution in [0.15, 0.2) is 60.2 Å². The molecule has 0 saturated carbocycles. The fraction of sp³-hybridized carbons (Fsp3) is 0.417. The zero-order valence-corrected chi connectivity index (χ0v) is 21.4. The first-order valence-electron chi connectivity index (χ1n) is 10.9. The molecule has 0 radical (unpaired) electrons. The van der Waals surface area contributed by atoms with Crippen molar-refractivity contribution in [3.8, 4) is 5.75 Å². The van der Waals surface area contributed by atoms with E-state index in [-0.39, 0.29) is 24.0 Å². The van der Waals surface area contributed by atoms with Gasteiger partial charge in [-0.15, -0.1) is 24.0 Å². The van der Waals surface area contributed by atoms with Gasteiger partial charge in [0.25, 0.3) is 0 Å². The van der Waals surface area contributed by atoms with Gasteiger partial charge in [-0.1, -0.05) is 36.9 Å². The molecule has 0 amide bonds. The van der Waals surface area contributed by atoms with Crippen LogP contribution in [0, 0.1) is 0 Å². The van der Waals surface area contributed by atoms with Crippen molar-refractivity contribution < 1.29 is 4.74 Å². The van der Waals surface area contributed by atoms with Gasteiger partial charge < -0.3 is 25.2 Å². The number of rotatable bonds is 9. The van der Waals surface area contributed by atoms with Crippen LogP contribution in [0.4, 0.5) is 5.82 Å². The number of hydrogen-bond acceptors (Lipinski definition) is 5. The Morgan fingerprint density at radius 3 is 2.62 bits per heavy atom. The predicted molar refractivity (Wildman–Crippen MR) is 143 cm³/mol. The minimum Gasteiger partial charge on any atom is -0.489 e. The molecule has 174 valence electrons. The maximum absolute atomic E-state index is 5.75. The van der Waals surface area contributed by atoms with Crippen molar-refractivity contribution in [3.05, 3.63) is 66.4 Å². The van der Waals surface area contributed by atoms with Crippen molar-refractivity contribution >= 4 is 35.8 Å². The molecule has 7 nitrogen and oxygen atoms in total. The molecule has 8 heteroatoms. The van der Waals surface area contributed by atoms with Crippen LogP contribution in [0.2, 0.25) is 0 Å². The number of aromatic nitrogens is 1. The van der Waals surface area contributed by atoms with Gasteiger partial charge in [-0.2, -0.15) is 0 Å². The van der Waals surface area contributed by atoms with Gasteiger partial charge in [0.1, 0.15) is 18.2 Å². The Morgan fingerprint density at radius 1 is 1.12 bits per heavy atom. The van der Waals surface area contributed by atoms with Gasteiger partial charge in [0.2, 0.25) is 0 Å². The molecule has 0 spiro atoms. The topological polar surface area (TPSA) is 65.0 Å². The summed E-state index contributed by atoms with van der Waals surface area (Å²) in [6, 6.07) is 12.1. The molecule has 1 fully saturated rings. The fourth-order valence-corrected chi connectivity index (χ4v) is 3.48. The standard InChI is InChI=1S/C24H34N6O.HI/c1-4-17-31-22-11-7-6-9-20(22)18-27-24(25-5-2)28-19-21-10-8-12-26-23(21)30-15-13-29(3)14-16-30;/h4,6-12H,1,5,13-19H2,2-3H3,(H2,25,27,28);1H. The molecular weight excluding hydrogens is 515 g/mol. The highest BCUT2D eigenvalue weighted by Gasteiger charge is 2.18. The zero-order valence-electron chi connectivity index (χ0n) is 19.1. The smallest absolute Gasteiger partial charge is 0.191 e. The first-order valence-corrected chi connectivity index (χ1v) is 10.9. The monoisotopic (exact) mass is 550 g/mol. The number of hydrogen-bond donors (Lipinski definition) is 2. The minimum atomic E-state index is 0. The van der Waals surface area contributed by atoms with Crippen molar-refractivity contribution in [2.75, 3.05) is 51.3 Å². The SMILES string of the molecule is C=CCOc1ccccc1CN=C(NCC)NCc1cccnc1N1CCN(C)CC1.I. The van der Waals surface area contributed by atoms with E-state index in [1.54, 1.807) is 6.08 Å². The molecular formula is C24H35IN6O. The molecule has 1 aromatic carbocycles. The lowest BCUT2D eigenvalue weighted by Crippen LogP contribution is -2.45. The molecule has 0 unspecified atom stereocenters.